The van der Waals surface area contributed by atoms with E-state index in [0.29, 0.717) is 12.4 Å². The Hall–Kier alpha value is -2.04. The van der Waals surface area contributed by atoms with Gasteiger partial charge in [0.25, 0.3) is 0 Å². The number of benzene rings is 1. The summed E-state index contributed by atoms with van der Waals surface area (Å²) >= 11 is 0. The molecule has 0 aliphatic carbocycles. The normalized spacial score (nSPS) is 13.8. The van der Waals surface area contributed by atoms with E-state index in [-0.39, 0.29) is 0 Å². The van der Waals surface area contributed by atoms with Crippen molar-refractivity contribution in [1.82, 2.24) is 10.1 Å². The number of aryl methyl sites for hydroxylation is 1. The second-order valence-corrected chi connectivity index (χ2v) is 5.23. The first-order chi connectivity index (χ1) is 9.78. The summed E-state index contributed by atoms with van der Waals surface area (Å²) in [6.07, 6.45) is 4.15. The molecule has 0 saturated carbocycles. The van der Waals surface area contributed by atoms with Crippen molar-refractivity contribution in [2.24, 2.45) is 0 Å². The van der Waals surface area contributed by atoms with Gasteiger partial charge in [-0.15, -0.1) is 0 Å². The van der Waals surface area contributed by atoms with Gasteiger partial charge in [0.2, 0.25) is 5.89 Å². The van der Waals surface area contributed by atoms with Crippen molar-refractivity contribution in [3.05, 3.63) is 35.5 Å². The quantitative estimate of drug-likeness (QED) is 0.847. The molecule has 0 amide bonds. The maximum absolute atomic E-state index is 6.08. The van der Waals surface area contributed by atoms with Gasteiger partial charge in [-0.1, -0.05) is 30.6 Å². The van der Waals surface area contributed by atoms with E-state index < -0.39 is 0 Å². The van der Waals surface area contributed by atoms with Crippen LogP contribution in [-0.4, -0.2) is 16.7 Å². The van der Waals surface area contributed by atoms with Gasteiger partial charge >= 0.3 is 0 Å². The highest BCUT2D eigenvalue weighted by Gasteiger charge is 2.23. The van der Waals surface area contributed by atoms with Gasteiger partial charge in [-0.2, -0.15) is 4.98 Å². The molecule has 20 heavy (non-hydrogen) atoms. The number of nitrogens with two attached hydrogens (primary N) is 1. The molecule has 2 heterocycles. The van der Waals surface area contributed by atoms with E-state index in [4.69, 9.17) is 10.3 Å². The van der Waals surface area contributed by atoms with Gasteiger partial charge in [0.15, 0.2) is 5.82 Å². The zero-order chi connectivity index (χ0) is 13.9. The summed E-state index contributed by atoms with van der Waals surface area (Å²) in [5, 5.41) is 4.03. The lowest BCUT2D eigenvalue weighted by Crippen LogP contribution is -2.20. The average Bonchev–Trinajstić information content (AvgIpc) is 3.05. The maximum atomic E-state index is 6.08. The highest BCUT2D eigenvalue weighted by Crippen LogP contribution is 2.34. The minimum Gasteiger partial charge on any atom is -0.397 e. The molecular weight excluding hydrogens is 252 g/mol. The van der Waals surface area contributed by atoms with Crippen molar-refractivity contribution in [2.75, 3.05) is 17.2 Å². The minimum absolute atomic E-state index is 0.639. The van der Waals surface area contributed by atoms with E-state index in [0.717, 1.165) is 49.4 Å². The van der Waals surface area contributed by atoms with Crippen LogP contribution in [0.25, 0.3) is 0 Å². The summed E-state index contributed by atoms with van der Waals surface area (Å²) in [5.74, 6) is 1.48. The van der Waals surface area contributed by atoms with E-state index in [1.165, 1.54) is 5.56 Å². The molecule has 1 aliphatic heterocycles. The number of aromatic nitrogens is 2. The summed E-state index contributed by atoms with van der Waals surface area (Å²) in [5.41, 5.74) is 9.33. The number of nitrogens with zero attached hydrogens (tertiary/aromatic N) is 3. The van der Waals surface area contributed by atoms with E-state index in [2.05, 4.69) is 28.0 Å². The van der Waals surface area contributed by atoms with Crippen molar-refractivity contribution >= 4 is 11.4 Å². The lowest BCUT2D eigenvalue weighted by atomic mass is 10.1. The monoisotopic (exact) mass is 272 g/mol. The Morgan fingerprint density at radius 2 is 2.30 bits per heavy atom. The van der Waals surface area contributed by atoms with Crippen LogP contribution >= 0.6 is 0 Å². The van der Waals surface area contributed by atoms with Crippen LogP contribution in [0.2, 0.25) is 0 Å². The molecule has 2 N–H and O–H groups in total. The molecule has 1 aromatic heterocycles. The first-order valence-corrected chi connectivity index (χ1v) is 7.21. The van der Waals surface area contributed by atoms with Crippen molar-refractivity contribution in [1.29, 1.82) is 0 Å². The molecule has 0 fully saturated rings. The molecule has 0 radical (unpaired) electrons. The third-order valence-electron chi connectivity index (χ3n) is 3.71. The molecule has 5 heteroatoms. The van der Waals surface area contributed by atoms with Gasteiger partial charge in [0.1, 0.15) is 0 Å². The van der Waals surface area contributed by atoms with Gasteiger partial charge in [0, 0.05) is 13.0 Å². The van der Waals surface area contributed by atoms with E-state index in [9.17, 15) is 0 Å². The predicted molar refractivity (Wildman–Crippen MR) is 78.5 cm³/mol. The minimum atomic E-state index is 0.639. The smallest absolute Gasteiger partial charge is 0.246 e. The van der Waals surface area contributed by atoms with Crippen molar-refractivity contribution in [2.45, 2.75) is 39.2 Å². The molecule has 0 atom stereocenters. The fraction of sp³-hybridized carbons (Fsp3) is 0.467. The molecule has 0 saturated heterocycles. The number of para-hydroxylation sites is 1. The van der Waals surface area contributed by atoms with Crippen LogP contribution in [0, 0.1) is 0 Å². The van der Waals surface area contributed by atoms with Gasteiger partial charge in [-0.25, -0.2) is 0 Å². The number of hydrogen-bond acceptors (Lipinski definition) is 5. The third-order valence-corrected chi connectivity index (χ3v) is 3.71. The molecule has 0 bridgehead atoms. The van der Waals surface area contributed by atoms with E-state index in [1.807, 2.05) is 12.1 Å². The second kappa shape index (κ2) is 5.53. The van der Waals surface area contributed by atoms with Crippen LogP contribution in [0.15, 0.2) is 22.7 Å². The summed E-state index contributed by atoms with van der Waals surface area (Å²) < 4.78 is 5.33. The summed E-state index contributed by atoms with van der Waals surface area (Å²) in [4.78, 5) is 6.68. The first-order valence-electron chi connectivity index (χ1n) is 7.21. The number of rotatable bonds is 5. The Bertz CT molecular complexity index is 593. The maximum Gasteiger partial charge on any atom is 0.246 e. The van der Waals surface area contributed by atoms with Gasteiger partial charge in [-0.3, -0.25) is 0 Å². The lowest BCUT2D eigenvalue weighted by Gasteiger charge is -2.18. The Kier molecular flexibility index (Phi) is 3.58. The van der Waals surface area contributed by atoms with Crippen LogP contribution in [0.3, 0.4) is 0 Å². The molecule has 1 aromatic carbocycles. The fourth-order valence-electron chi connectivity index (χ4n) is 2.68. The Morgan fingerprint density at radius 1 is 1.40 bits per heavy atom. The Balaban J connectivity index is 1.72. The molecular formula is C15H20N4O. The molecule has 1 aliphatic rings. The van der Waals surface area contributed by atoms with Crippen molar-refractivity contribution in [3.63, 3.8) is 0 Å². The third kappa shape index (κ3) is 2.48. The van der Waals surface area contributed by atoms with Gasteiger partial charge < -0.3 is 15.2 Å². The number of nitrogen functional groups attached to an aromatic ring is 1. The Labute approximate surface area is 118 Å². The SMILES string of the molecule is CCCCc1noc(CN2CCc3cccc(N)c32)n1. The molecule has 106 valence electrons. The summed E-state index contributed by atoms with van der Waals surface area (Å²) in [6.45, 7) is 3.75. The van der Waals surface area contributed by atoms with Crippen LogP contribution < -0.4 is 10.6 Å². The lowest BCUT2D eigenvalue weighted by molar-refractivity contribution is 0.371. The number of unbranched alkanes of at least 4 members (excludes halogenated alkanes) is 1. The number of hydrogen-bond donors (Lipinski definition) is 1. The van der Waals surface area contributed by atoms with E-state index in [1.54, 1.807) is 0 Å². The number of fused-ring (bicyclic) bond motifs is 1. The molecule has 3 rings (SSSR count). The molecule has 2 aromatic rings. The molecule has 5 nitrogen and oxygen atoms in total. The molecule has 0 spiro atoms. The summed E-state index contributed by atoms with van der Waals surface area (Å²) in [6, 6.07) is 6.08. The van der Waals surface area contributed by atoms with Crippen LogP contribution in [0.4, 0.5) is 11.4 Å². The zero-order valence-corrected chi connectivity index (χ0v) is 11.8. The predicted octanol–water partition coefficient (Wildman–Crippen LogP) is 2.56. The van der Waals surface area contributed by atoms with Crippen LogP contribution in [0.5, 0.6) is 0 Å². The van der Waals surface area contributed by atoms with Crippen molar-refractivity contribution < 1.29 is 4.52 Å². The first kappa shape index (κ1) is 13.0. The van der Waals surface area contributed by atoms with Crippen LogP contribution in [0.1, 0.15) is 37.0 Å². The summed E-state index contributed by atoms with van der Waals surface area (Å²) in [7, 11) is 0. The Morgan fingerprint density at radius 3 is 3.15 bits per heavy atom. The van der Waals surface area contributed by atoms with Crippen LogP contribution in [-0.2, 0) is 19.4 Å². The highest BCUT2D eigenvalue weighted by molar-refractivity contribution is 5.73. The number of anilines is 2. The standard InChI is InChI=1S/C15H20N4O/c1-2-3-7-13-17-14(20-18-13)10-19-9-8-11-5-4-6-12(16)15(11)19/h4-6H,2-3,7-10,16H2,1H3. The fourth-order valence-corrected chi connectivity index (χ4v) is 2.68. The van der Waals surface area contributed by atoms with Gasteiger partial charge in [-0.05, 0) is 24.5 Å². The topological polar surface area (TPSA) is 68.2 Å². The highest BCUT2D eigenvalue weighted by atomic mass is 16.5. The average molecular weight is 272 g/mol. The zero-order valence-electron chi connectivity index (χ0n) is 11.8. The van der Waals surface area contributed by atoms with E-state index >= 15 is 0 Å². The molecule has 0 unspecified atom stereocenters. The second-order valence-electron chi connectivity index (χ2n) is 5.23. The van der Waals surface area contributed by atoms with Crippen molar-refractivity contribution in [3.8, 4) is 0 Å². The van der Waals surface area contributed by atoms with Gasteiger partial charge in [0.05, 0.1) is 17.9 Å². The largest absolute Gasteiger partial charge is 0.397 e.